The first kappa shape index (κ1) is 16.6. The number of hydrogen-bond acceptors (Lipinski definition) is 4. The summed E-state index contributed by atoms with van der Waals surface area (Å²) in [6.45, 7) is 6.11. The van der Waals surface area contributed by atoms with Crippen molar-refractivity contribution in [3.8, 4) is 5.75 Å². The van der Waals surface area contributed by atoms with Gasteiger partial charge in [-0.1, -0.05) is 30.8 Å². The predicted molar refractivity (Wildman–Crippen MR) is 91.7 cm³/mol. The highest BCUT2D eigenvalue weighted by Gasteiger charge is 2.10. The van der Waals surface area contributed by atoms with E-state index in [0.29, 0.717) is 5.75 Å². The van der Waals surface area contributed by atoms with E-state index in [-0.39, 0.29) is 11.9 Å². The van der Waals surface area contributed by atoms with Gasteiger partial charge in [-0.2, -0.15) is 0 Å². The fourth-order valence-electron chi connectivity index (χ4n) is 2.16. The third-order valence-electron chi connectivity index (χ3n) is 3.58. The number of carbonyl (C=O) groups excluding carboxylic acids is 1. The van der Waals surface area contributed by atoms with E-state index in [4.69, 9.17) is 4.74 Å². The summed E-state index contributed by atoms with van der Waals surface area (Å²) in [5.74, 6) is 1.17. The van der Waals surface area contributed by atoms with E-state index >= 15 is 0 Å². The van der Waals surface area contributed by atoms with Crippen molar-refractivity contribution in [2.24, 2.45) is 0 Å². The summed E-state index contributed by atoms with van der Waals surface area (Å²) in [5.41, 5.74) is 1.98. The van der Waals surface area contributed by atoms with Crippen LogP contribution in [0.3, 0.4) is 0 Å². The Balaban J connectivity index is 2.17. The molecule has 0 unspecified atom stereocenters. The van der Waals surface area contributed by atoms with E-state index < -0.39 is 0 Å². The second kappa shape index (κ2) is 7.49. The molecule has 1 amide bonds. The van der Waals surface area contributed by atoms with Crippen LogP contribution in [-0.2, 0) is 4.79 Å². The summed E-state index contributed by atoms with van der Waals surface area (Å²) in [5, 5.41) is 4.88. The smallest absolute Gasteiger partial charge is 0.230 e. The first-order valence-electron chi connectivity index (χ1n) is 7.41. The van der Waals surface area contributed by atoms with Crippen molar-refractivity contribution in [3.63, 3.8) is 0 Å². The monoisotopic (exact) mass is 318 g/mol. The van der Waals surface area contributed by atoms with Gasteiger partial charge in [-0.05, 0) is 38.0 Å². The molecule has 118 valence electrons. The number of methoxy groups -OCH3 is 1. The highest BCUT2D eigenvalue weighted by molar-refractivity contribution is 7.99. The number of para-hydroxylation sites is 1. The van der Waals surface area contributed by atoms with E-state index in [1.807, 2.05) is 38.1 Å². The number of ether oxygens (including phenoxy) is 1. The lowest BCUT2D eigenvalue weighted by molar-refractivity contribution is -0.119. The van der Waals surface area contributed by atoms with Crippen molar-refractivity contribution in [1.82, 2.24) is 10.3 Å². The molecule has 2 rings (SSSR count). The Kier molecular flexibility index (Phi) is 5.66. The van der Waals surface area contributed by atoms with Crippen molar-refractivity contribution in [1.29, 1.82) is 0 Å². The summed E-state index contributed by atoms with van der Waals surface area (Å²) in [7, 11) is 1.64. The lowest BCUT2D eigenvalue weighted by Crippen LogP contribution is -2.33. The number of fused-ring (bicyclic) bond motifs is 1. The maximum absolute atomic E-state index is 11.9. The molecule has 0 radical (unpaired) electrons. The Morgan fingerprint density at radius 1 is 1.45 bits per heavy atom. The number of nitrogens with one attached hydrogen (secondary N) is 1. The van der Waals surface area contributed by atoms with Crippen LogP contribution in [0.4, 0.5) is 0 Å². The van der Waals surface area contributed by atoms with Crippen LogP contribution in [0, 0.1) is 6.92 Å². The fraction of sp³-hybridized carbons (Fsp3) is 0.412. The van der Waals surface area contributed by atoms with Crippen molar-refractivity contribution >= 4 is 28.6 Å². The molecular formula is C17H22N2O2S. The van der Waals surface area contributed by atoms with E-state index in [0.717, 1.165) is 33.7 Å². The number of thioether (sulfide) groups is 1. The average Bonchev–Trinajstić information content (AvgIpc) is 2.52. The Morgan fingerprint density at radius 2 is 2.23 bits per heavy atom. The van der Waals surface area contributed by atoms with Crippen molar-refractivity contribution in [3.05, 3.63) is 29.8 Å². The van der Waals surface area contributed by atoms with E-state index in [2.05, 4.69) is 17.2 Å². The maximum Gasteiger partial charge on any atom is 0.230 e. The van der Waals surface area contributed by atoms with Crippen LogP contribution in [0.2, 0.25) is 0 Å². The Morgan fingerprint density at radius 3 is 2.91 bits per heavy atom. The standard InChI is InChI=1S/C17H22N2O2S/c1-5-12(3)18-15(20)10-22-16-9-11(2)13-7-6-8-14(21-4)17(13)19-16/h6-9,12H,5,10H2,1-4H3,(H,18,20)/t12-/m0/s1. The van der Waals surface area contributed by atoms with Crippen molar-refractivity contribution in [2.75, 3.05) is 12.9 Å². The second-order valence-corrected chi connectivity index (χ2v) is 6.29. The summed E-state index contributed by atoms with van der Waals surface area (Å²) in [6.07, 6.45) is 0.931. The zero-order valence-electron chi connectivity index (χ0n) is 13.5. The molecule has 0 aliphatic carbocycles. The van der Waals surface area contributed by atoms with Crippen LogP contribution < -0.4 is 10.1 Å². The van der Waals surface area contributed by atoms with Gasteiger partial charge in [-0.15, -0.1) is 0 Å². The van der Waals surface area contributed by atoms with Gasteiger partial charge in [0.2, 0.25) is 5.91 Å². The van der Waals surface area contributed by atoms with Gasteiger partial charge in [0.05, 0.1) is 17.9 Å². The molecule has 0 spiro atoms. The molecule has 4 nitrogen and oxygen atoms in total. The van der Waals surface area contributed by atoms with Crippen molar-refractivity contribution in [2.45, 2.75) is 38.3 Å². The topological polar surface area (TPSA) is 51.2 Å². The average molecular weight is 318 g/mol. The van der Waals surface area contributed by atoms with Crippen LogP contribution in [0.15, 0.2) is 29.3 Å². The number of aromatic nitrogens is 1. The SMILES string of the molecule is CC[C@H](C)NC(=O)CSc1cc(C)c2cccc(OC)c2n1. The van der Waals surface area contributed by atoms with Crippen LogP contribution in [-0.4, -0.2) is 29.8 Å². The van der Waals surface area contributed by atoms with Gasteiger partial charge in [0.25, 0.3) is 0 Å². The van der Waals surface area contributed by atoms with Crippen LogP contribution >= 0.6 is 11.8 Å². The van der Waals surface area contributed by atoms with Crippen LogP contribution in [0.25, 0.3) is 10.9 Å². The molecule has 0 aliphatic rings. The Hall–Kier alpha value is -1.75. The minimum atomic E-state index is 0.0407. The van der Waals surface area contributed by atoms with Gasteiger partial charge in [0.1, 0.15) is 11.3 Å². The Labute approximate surface area is 135 Å². The molecule has 0 saturated carbocycles. The number of pyridine rings is 1. The molecule has 1 heterocycles. The normalized spacial score (nSPS) is 12.2. The quantitative estimate of drug-likeness (QED) is 0.828. The maximum atomic E-state index is 11.9. The first-order chi connectivity index (χ1) is 10.5. The Bertz CT molecular complexity index is 673. The molecule has 1 atom stereocenters. The van der Waals surface area contributed by atoms with Gasteiger partial charge in [0, 0.05) is 11.4 Å². The summed E-state index contributed by atoms with van der Waals surface area (Å²) < 4.78 is 5.38. The summed E-state index contributed by atoms with van der Waals surface area (Å²) in [6, 6.07) is 8.12. The van der Waals surface area contributed by atoms with Crippen molar-refractivity contribution < 1.29 is 9.53 Å². The molecule has 1 aromatic heterocycles. The summed E-state index contributed by atoms with van der Waals surface area (Å²) >= 11 is 1.45. The lowest BCUT2D eigenvalue weighted by atomic mass is 10.1. The number of amides is 1. The zero-order chi connectivity index (χ0) is 16.1. The molecule has 0 fully saturated rings. The molecule has 0 aliphatic heterocycles. The molecular weight excluding hydrogens is 296 g/mol. The third kappa shape index (κ3) is 3.91. The van der Waals surface area contributed by atoms with E-state index in [1.165, 1.54) is 11.8 Å². The number of rotatable bonds is 6. The second-order valence-electron chi connectivity index (χ2n) is 5.30. The largest absolute Gasteiger partial charge is 0.494 e. The third-order valence-corrected chi connectivity index (χ3v) is 4.49. The van der Waals surface area contributed by atoms with Crippen LogP contribution in [0.5, 0.6) is 5.75 Å². The molecule has 0 saturated heterocycles. The molecule has 1 N–H and O–H groups in total. The first-order valence-corrected chi connectivity index (χ1v) is 8.40. The van der Waals surface area contributed by atoms with Gasteiger partial charge in [-0.3, -0.25) is 4.79 Å². The molecule has 22 heavy (non-hydrogen) atoms. The number of hydrogen-bond donors (Lipinski definition) is 1. The van der Waals surface area contributed by atoms with Gasteiger partial charge in [-0.25, -0.2) is 4.98 Å². The number of benzene rings is 1. The zero-order valence-corrected chi connectivity index (χ0v) is 14.3. The molecule has 5 heteroatoms. The summed E-state index contributed by atoms with van der Waals surface area (Å²) in [4.78, 5) is 16.5. The lowest BCUT2D eigenvalue weighted by Gasteiger charge is -2.12. The molecule has 0 bridgehead atoms. The highest BCUT2D eigenvalue weighted by Crippen LogP contribution is 2.29. The predicted octanol–water partition coefficient (Wildman–Crippen LogP) is 3.56. The molecule has 1 aromatic carbocycles. The van der Waals surface area contributed by atoms with E-state index in [1.54, 1.807) is 7.11 Å². The minimum Gasteiger partial charge on any atom is -0.494 e. The number of nitrogens with zero attached hydrogens (tertiary/aromatic N) is 1. The number of carbonyl (C=O) groups is 1. The van der Waals surface area contributed by atoms with Gasteiger partial charge in [0.15, 0.2) is 0 Å². The molecule has 2 aromatic rings. The number of aryl methyl sites for hydroxylation is 1. The van der Waals surface area contributed by atoms with Gasteiger partial charge < -0.3 is 10.1 Å². The van der Waals surface area contributed by atoms with Gasteiger partial charge >= 0.3 is 0 Å². The fourth-order valence-corrected chi connectivity index (χ4v) is 2.94. The minimum absolute atomic E-state index is 0.0407. The van der Waals surface area contributed by atoms with Crippen LogP contribution in [0.1, 0.15) is 25.8 Å². The van der Waals surface area contributed by atoms with E-state index in [9.17, 15) is 4.79 Å². The highest BCUT2D eigenvalue weighted by atomic mass is 32.2.